The molecule has 0 saturated carbocycles. The number of halogens is 1. The highest BCUT2D eigenvalue weighted by atomic mass is 19.1. The Morgan fingerprint density at radius 3 is 2.53 bits per heavy atom. The van der Waals surface area contributed by atoms with E-state index >= 15 is 0 Å². The van der Waals surface area contributed by atoms with Gasteiger partial charge < -0.3 is 0 Å². The van der Waals surface area contributed by atoms with Gasteiger partial charge in [-0.3, -0.25) is 0 Å². The molecular formula is C14H13FN2. The molecule has 0 aliphatic carbocycles. The standard InChI is InChI=1S/C14H13FN2/c1-10(15)9-12-3-5-13(6-4-12)14-16-8-7-11(2)17-14/h3-8H,1,9H2,2H3. The molecule has 1 aromatic heterocycles. The molecule has 0 aliphatic rings. The van der Waals surface area contributed by atoms with Crippen LogP contribution in [0.15, 0.2) is 48.9 Å². The molecule has 0 fully saturated rings. The average Bonchev–Trinajstić information content (AvgIpc) is 2.29. The Hall–Kier alpha value is -2.03. The predicted molar refractivity (Wildman–Crippen MR) is 66.2 cm³/mol. The van der Waals surface area contributed by atoms with E-state index in [-0.39, 0.29) is 12.2 Å². The molecule has 0 amide bonds. The van der Waals surface area contributed by atoms with Gasteiger partial charge in [-0.2, -0.15) is 0 Å². The fourth-order valence-electron chi connectivity index (χ4n) is 1.58. The number of rotatable bonds is 3. The van der Waals surface area contributed by atoms with Crippen LogP contribution in [0.25, 0.3) is 11.4 Å². The third kappa shape index (κ3) is 2.97. The van der Waals surface area contributed by atoms with Crippen molar-refractivity contribution in [3.8, 4) is 11.4 Å². The monoisotopic (exact) mass is 228 g/mol. The number of hydrogen-bond acceptors (Lipinski definition) is 2. The van der Waals surface area contributed by atoms with Gasteiger partial charge in [-0.05, 0) is 18.6 Å². The number of aromatic nitrogens is 2. The molecular weight excluding hydrogens is 215 g/mol. The van der Waals surface area contributed by atoms with Crippen molar-refractivity contribution < 1.29 is 4.39 Å². The van der Waals surface area contributed by atoms with Gasteiger partial charge in [-0.15, -0.1) is 0 Å². The van der Waals surface area contributed by atoms with Crippen molar-refractivity contribution in [1.82, 2.24) is 9.97 Å². The Morgan fingerprint density at radius 1 is 1.24 bits per heavy atom. The lowest BCUT2D eigenvalue weighted by atomic mass is 10.1. The van der Waals surface area contributed by atoms with Gasteiger partial charge in [0.2, 0.25) is 0 Å². The Morgan fingerprint density at radius 2 is 1.94 bits per heavy atom. The van der Waals surface area contributed by atoms with Crippen LogP contribution in [-0.4, -0.2) is 9.97 Å². The maximum Gasteiger partial charge on any atom is 0.159 e. The lowest BCUT2D eigenvalue weighted by molar-refractivity contribution is 0.617. The minimum atomic E-state index is -0.329. The number of hydrogen-bond donors (Lipinski definition) is 0. The molecule has 2 rings (SSSR count). The normalized spacial score (nSPS) is 10.2. The third-order valence-corrected chi connectivity index (χ3v) is 2.40. The number of benzene rings is 1. The van der Waals surface area contributed by atoms with Crippen LogP contribution < -0.4 is 0 Å². The Labute approximate surface area is 99.9 Å². The van der Waals surface area contributed by atoms with Gasteiger partial charge in [0.25, 0.3) is 0 Å². The molecule has 0 radical (unpaired) electrons. The van der Waals surface area contributed by atoms with Gasteiger partial charge in [0.15, 0.2) is 5.82 Å². The van der Waals surface area contributed by atoms with E-state index in [4.69, 9.17) is 0 Å². The van der Waals surface area contributed by atoms with Crippen molar-refractivity contribution in [2.45, 2.75) is 13.3 Å². The molecule has 0 bridgehead atoms. The van der Waals surface area contributed by atoms with Crippen LogP contribution in [0.1, 0.15) is 11.3 Å². The lowest BCUT2D eigenvalue weighted by Gasteiger charge is -2.02. The maximum atomic E-state index is 12.6. The van der Waals surface area contributed by atoms with Crippen molar-refractivity contribution in [3.63, 3.8) is 0 Å². The van der Waals surface area contributed by atoms with Crippen LogP contribution in [0.5, 0.6) is 0 Å². The first-order valence-electron chi connectivity index (χ1n) is 5.37. The lowest BCUT2D eigenvalue weighted by Crippen LogP contribution is -1.91. The van der Waals surface area contributed by atoms with Crippen LogP contribution in [0.2, 0.25) is 0 Å². The van der Waals surface area contributed by atoms with Crippen molar-refractivity contribution in [2.75, 3.05) is 0 Å². The minimum Gasteiger partial charge on any atom is -0.237 e. The van der Waals surface area contributed by atoms with Crippen LogP contribution in [0.3, 0.4) is 0 Å². The summed E-state index contributed by atoms with van der Waals surface area (Å²) in [5, 5.41) is 0. The molecule has 0 atom stereocenters. The van der Waals surface area contributed by atoms with Crippen molar-refractivity contribution in [2.24, 2.45) is 0 Å². The zero-order valence-corrected chi connectivity index (χ0v) is 9.65. The molecule has 0 spiro atoms. The summed E-state index contributed by atoms with van der Waals surface area (Å²) in [4.78, 5) is 8.53. The van der Waals surface area contributed by atoms with Crippen LogP contribution in [-0.2, 0) is 6.42 Å². The van der Waals surface area contributed by atoms with Crippen LogP contribution in [0.4, 0.5) is 4.39 Å². The summed E-state index contributed by atoms with van der Waals surface area (Å²) >= 11 is 0. The average molecular weight is 228 g/mol. The summed E-state index contributed by atoms with van der Waals surface area (Å²) in [6.07, 6.45) is 1.99. The second-order valence-electron chi connectivity index (χ2n) is 3.91. The molecule has 0 saturated heterocycles. The number of nitrogens with zero attached hydrogens (tertiary/aromatic N) is 2. The van der Waals surface area contributed by atoms with Crippen LogP contribution in [0, 0.1) is 6.92 Å². The van der Waals surface area contributed by atoms with E-state index in [9.17, 15) is 4.39 Å². The van der Waals surface area contributed by atoms with Gasteiger partial charge in [0, 0.05) is 23.9 Å². The van der Waals surface area contributed by atoms with E-state index in [0.717, 1.165) is 16.8 Å². The zero-order valence-electron chi connectivity index (χ0n) is 9.65. The van der Waals surface area contributed by atoms with Crippen molar-refractivity contribution in [3.05, 3.63) is 60.2 Å². The minimum absolute atomic E-state index is 0.259. The van der Waals surface area contributed by atoms with E-state index < -0.39 is 0 Å². The third-order valence-electron chi connectivity index (χ3n) is 2.40. The maximum absolute atomic E-state index is 12.6. The van der Waals surface area contributed by atoms with Gasteiger partial charge >= 0.3 is 0 Å². The molecule has 2 aromatic rings. The number of allylic oxidation sites excluding steroid dienone is 1. The molecule has 2 nitrogen and oxygen atoms in total. The Bertz CT molecular complexity index is 532. The first-order valence-corrected chi connectivity index (χ1v) is 5.37. The summed E-state index contributed by atoms with van der Waals surface area (Å²) < 4.78 is 12.6. The molecule has 17 heavy (non-hydrogen) atoms. The van der Waals surface area contributed by atoms with Gasteiger partial charge in [0.1, 0.15) is 0 Å². The summed E-state index contributed by atoms with van der Waals surface area (Å²) in [7, 11) is 0. The smallest absolute Gasteiger partial charge is 0.159 e. The molecule has 1 aromatic carbocycles. The first-order chi connectivity index (χ1) is 8.15. The van der Waals surface area contributed by atoms with Gasteiger partial charge in [0.05, 0.1) is 5.83 Å². The van der Waals surface area contributed by atoms with E-state index in [1.165, 1.54) is 0 Å². The summed E-state index contributed by atoms with van der Waals surface area (Å²) in [5.74, 6) is 0.361. The highest BCUT2D eigenvalue weighted by Gasteiger charge is 2.02. The van der Waals surface area contributed by atoms with E-state index in [1.807, 2.05) is 37.3 Å². The first kappa shape index (κ1) is 11.5. The molecule has 1 heterocycles. The summed E-state index contributed by atoms with van der Waals surface area (Å²) in [5.41, 5.74) is 2.76. The summed E-state index contributed by atoms with van der Waals surface area (Å²) in [6, 6.07) is 9.38. The summed E-state index contributed by atoms with van der Waals surface area (Å²) in [6.45, 7) is 5.17. The van der Waals surface area contributed by atoms with E-state index in [0.29, 0.717) is 5.82 Å². The SMILES string of the molecule is C=C(F)Cc1ccc(-c2nccc(C)n2)cc1. The Kier molecular flexibility index (Phi) is 3.28. The predicted octanol–water partition coefficient (Wildman–Crippen LogP) is 3.48. The largest absolute Gasteiger partial charge is 0.237 e. The van der Waals surface area contributed by atoms with Gasteiger partial charge in [-0.25, -0.2) is 14.4 Å². The zero-order chi connectivity index (χ0) is 12.3. The molecule has 0 N–H and O–H groups in total. The molecule has 0 unspecified atom stereocenters. The molecule has 0 aliphatic heterocycles. The highest BCUT2D eigenvalue weighted by Crippen LogP contribution is 2.17. The topological polar surface area (TPSA) is 25.8 Å². The molecule has 3 heteroatoms. The van der Waals surface area contributed by atoms with E-state index in [2.05, 4.69) is 16.5 Å². The van der Waals surface area contributed by atoms with Crippen molar-refractivity contribution >= 4 is 0 Å². The fourth-order valence-corrected chi connectivity index (χ4v) is 1.58. The second-order valence-corrected chi connectivity index (χ2v) is 3.91. The fraction of sp³-hybridized carbons (Fsp3) is 0.143. The Balaban J connectivity index is 2.26. The quantitative estimate of drug-likeness (QED) is 0.803. The van der Waals surface area contributed by atoms with E-state index in [1.54, 1.807) is 6.20 Å². The van der Waals surface area contributed by atoms with Crippen molar-refractivity contribution in [1.29, 1.82) is 0 Å². The highest BCUT2D eigenvalue weighted by molar-refractivity contribution is 5.55. The molecule has 86 valence electrons. The van der Waals surface area contributed by atoms with Crippen LogP contribution >= 0.6 is 0 Å². The second kappa shape index (κ2) is 4.87. The van der Waals surface area contributed by atoms with Gasteiger partial charge in [-0.1, -0.05) is 30.8 Å². The number of aryl methyl sites for hydroxylation is 1.